The first-order valence-electron chi connectivity index (χ1n) is 4.62. The second-order valence-corrected chi connectivity index (χ2v) is 4.37. The Morgan fingerprint density at radius 2 is 2.25 bits per heavy atom. The molecule has 0 heterocycles. The first-order chi connectivity index (χ1) is 5.86. The molecule has 1 rings (SSSR count). The fourth-order valence-electron chi connectivity index (χ4n) is 1.56. The Labute approximate surface area is 79.4 Å². The molecule has 0 aromatic heterocycles. The van der Waals surface area contributed by atoms with Crippen LogP contribution in [0.25, 0.3) is 0 Å². The number of thioether (sulfide) groups is 1. The maximum Gasteiger partial charge on any atom is 0.0581 e. The number of ether oxygens (including phenoxy) is 1. The Kier molecular flexibility index (Phi) is 5.04. The Bertz CT molecular complexity index is 112. The van der Waals surface area contributed by atoms with Gasteiger partial charge in [-0.3, -0.25) is 0 Å². The molecule has 2 nitrogen and oxygen atoms in total. The summed E-state index contributed by atoms with van der Waals surface area (Å²) in [6.45, 7) is 2.08. The summed E-state index contributed by atoms with van der Waals surface area (Å²) < 4.78 is 5.65. The molecule has 0 aliphatic heterocycles. The minimum atomic E-state index is 0.565. The van der Waals surface area contributed by atoms with Crippen molar-refractivity contribution in [3.8, 4) is 0 Å². The van der Waals surface area contributed by atoms with Crippen molar-refractivity contribution in [1.29, 1.82) is 0 Å². The summed E-state index contributed by atoms with van der Waals surface area (Å²) in [6.07, 6.45) is 5.20. The van der Waals surface area contributed by atoms with Crippen LogP contribution in [0.3, 0.4) is 0 Å². The highest BCUT2D eigenvalue weighted by molar-refractivity contribution is 7.98. The molecule has 1 aliphatic rings. The lowest BCUT2D eigenvalue weighted by Gasteiger charge is -2.34. The molecule has 0 spiro atoms. The summed E-state index contributed by atoms with van der Waals surface area (Å²) in [5, 5.41) is 3.20. The molecule has 0 aromatic rings. The van der Waals surface area contributed by atoms with Gasteiger partial charge < -0.3 is 10.1 Å². The third kappa shape index (κ3) is 3.33. The first kappa shape index (κ1) is 10.4. The van der Waals surface area contributed by atoms with E-state index in [1.54, 1.807) is 0 Å². The molecule has 0 unspecified atom stereocenters. The van der Waals surface area contributed by atoms with Crippen molar-refractivity contribution in [2.45, 2.75) is 18.9 Å². The fourth-order valence-corrected chi connectivity index (χ4v) is 1.83. The minimum Gasteiger partial charge on any atom is -0.377 e. The smallest absolute Gasteiger partial charge is 0.0581 e. The van der Waals surface area contributed by atoms with Gasteiger partial charge in [-0.1, -0.05) is 0 Å². The minimum absolute atomic E-state index is 0.565. The van der Waals surface area contributed by atoms with Crippen LogP contribution in [-0.4, -0.2) is 38.3 Å². The van der Waals surface area contributed by atoms with E-state index in [0.29, 0.717) is 6.10 Å². The first-order valence-corrected chi connectivity index (χ1v) is 6.01. The molecule has 0 aromatic carbocycles. The zero-order valence-electron chi connectivity index (χ0n) is 8.01. The van der Waals surface area contributed by atoms with Crippen LogP contribution in [0.2, 0.25) is 0 Å². The van der Waals surface area contributed by atoms with Gasteiger partial charge in [-0.25, -0.2) is 0 Å². The Balaban J connectivity index is 1.88. The summed E-state index contributed by atoms with van der Waals surface area (Å²) in [5.74, 6) is 2.00. The average Bonchev–Trinajstić information content (AvgIpc) is 2.00. The van der Waals surface area contributed by atoms with Crippen LogP contribution >= 0.6 is 11.8 Å². The van der Waals surface area contributed by atoms with Crippen molar-refractivity contribution in [3.05, 3.63) is 0 Å². The van der Waals surface area contributed by atoms with Gasteiger partial charge in [0.05, 0.1) is 12.7 Å². The largest absolute Gasteiger partial charge is 0.377 e. The Morgan fingerprint density at radius 1 is 1.50 bits per heavy atom. The van der Waals surface area contributed by atoms with Crippen LogP contribution in [0.5, 0.6) is 0 Å². The zero-order chi connectivity index (χ0) is 8.81. The lowest BCUT2D eigenvalue weighted by molar-refractivity contribution is -0.0220. The molecule has 1 N–H and O–H groups in total. The third-order valence-electron chi connectivity index (χ3n) is 2.33. The van der Waals surface area contributed by atoms with E-state index in [2.05, 4.69) is 11.6 Å². The maximum absolute atomic E-state index is 5.65. The molecular formula is C9H19NOS. The van der Waals surface area contributed by atoms with Gasteiger partial charge in [-0.05, 0) is 38.6 Å². The SMILES string of the molecule is CNCC1CC(OCCSC)C1. The van der Waals surface area contributed by atoms with E-state index in [1.165, 1.54) is 12.8 Å². The molecule has 0 saturated heterocycles. The molecular weight excluding hydrogens is 170 g/mol. The van der Waals surface area contributed by atoms with Crippen molar-refractivity contribution in [2.75, 3.05) is 32.2 Å². The standard InChI is InChI=1S/C9H19NOS/c1-10-7-8-5-9(6-8)11-3-4-12-2/h8-10H,3-7H2,1-2H3. The second kappa shape index (κ2) is 5.84. The number of nitrogens with one attached hydrogen (secondary N) is 1. The van der Waals surface area contributed by atoms with Crippen molar-refractivity contribution in [3.63, 3.8) is 0 Å². The predicted octanol–water partition coefficient (Wildman–Crippen LogP) is 1.36. The number of hydrogen-bond acceptors (Lipinski definition) is 3. The summed E-state index contributed by atoms with van der Waals surface area (Å²) in [7, 11) is 2.02. The Hall–Kier alpha value is 0.270. The molecule has 72 valence electrons. The van der Waals surface area contributed by atoms with E-state index in [0.717, 1.165) is 24.8 Å². The van der Waals surface area contributed by atoms with Crippen molar-refractivity contribution >= 4 is 11.8 Å². The summed E-state index contributed by atoms with van der Waals surface area (Å²) in [5.41, 5.74) is 0. The fraction of sp³-hybridized carbons (Fsp3) is 1.00. The molecule has 1 aliphatic carbocycles. The number of rotatable bonds is 6. The summed E-state index contributed by atoms with van der Waals surface area (Å²) >= 11 is 1.85. The molecule has 3 heteroatoms. The van der Waals surface area contributed by atoms with Gasteiger partial charge in [0.15, 0.2) is 0 Å². The van der Waals surface area contributed by atoms with Gasteiger partial charge in [0, 0.05) is 5.75 Å². The highest BCUT2D eigenvalue weighted by atomic mass is 32.2. The predicted molar refractivity (Wildman–Crippen MR) is 54.8 cm³/mol. The lowest BCUT2D eigenvalue weighted by atomic mass is 9.82. The van der Waals surface area contributed by atoms with Crippen LogP contribution < -0.4 is 5.32 Å². The van der Waals surface area contributed by atoms with Crippen LogP contribution in [0.15, 0.2) is 0 Å². The van der Waals surface area contributed by atoms with Crippen LogP contribution in [0.4, 0.5) is 0 Å². The lowest BCUT2D eigenvalue weighted by Crippen LogP contribution is -2.37. The molecule has 0 radical (unpaired) electrons. The van der Waals surface area contributed by atoms with Crippen molar-refractivity contribution in [1.82, 2.24) is 5.32 Å². The van der Waals surface area contributed by atoms with E-state index in [1.807, 2.05) is 18.8 Å². The summed E-state index contributed by atoms with van der Waals surface area (Å²) in [4.78, 5) is 0. The topological polar surface area (TPSA) is 21.3 Å². The van der Waals surface area contributed by atoms with Crippen LogP contribution in [0, 0.1) is 5.92 Å². The van der Waals surface area contributed by atoms with Crippen molar-refractivity contribution in [2.24, 2.45) is 5.92 Å². The molecule has 12 heavy (non-hydrogen) atoms. The highest BCUT2D eigenvalue weighted by Gasteiger charge is 2.28. The van der Waals surface area contributed by atoms with Gasteiger partial charge in [0.25, 0.3) is 0 Å². The Morgan fingerprint density at radius 3 is 2.83 bits per heavy atom. The van der Waals surface area contributed by atoms with E-state index in [9.17, 15) is 0 Å². The molecule has 1 saturated carbocycles. The van der Waals surface area contributed by atoms with Gasteiger partial charge in [0.2, 0.25) is 0 Å². The monoisotopic (exact) mass is 189 g/mol. The van der Waals surface area contributed by atoms with E-state index < -0.39 is 0 Å². The normalized spacial score (nSPS) is 28.5. The molecule has 0 amide bonds. The van der Waals surface area contributed by atoms with Crippen LogP contribution in [0.1, 0.15) is 12.8 Å². The van der Waals surface area contributed by atoms with Gasteiger partial charge in [-0.2, -0.15) is 11.8 Å². The van der Waals surface area contributed by atoms with Crippen molar-refractivity contribution < 1.29 is 4.74 Å². The zero-order valence-corrected chi connectivity index (χ0v) is 8.82. The molecule has 0 atom stereocenters. The van der Waals surface area contributed by atoms with Gasteiger partial charge >= 0.3 is 0 Å². The van der Waals surface area contributed by atoms with E-state index in [-0.39, 0.29) is 0 Å². The van der Waals surface area contributed by atoms with Crippen LogP contribution in [-0.2, 0) is 4.74 Å². The van der Waals surface area contributed by atoms with E-state index in [4.69, 9.17) is 4.74 Å². The van der Waals surface area contributed by atoms with E-state index >= 15 is 0 Å². The quantitative estimate of drug-likeness (QED) is 0.638. The maximum atomic E-state index is 5.65. The molecule has 1 fully saturated rings. The average molecular weight is 189 g/mol. The van der Waals surface area contributed by atoms with Gasteiger partial charge in [0.1, 0.15) is 0 Å². The molecule has 0 bridgehead atoms. The van der Waals surface area contributed by atoms with Gasteiger partial charge in [-0.15, -0.1) is 0 Å². The highest BCUT2D eigenvalue weighted by Crippen LogP contribution is 2.29. The second-order valence-electron chi connectivity index (χ2n) is 3.38. The summed E-state index contributed by atoms with van der Waals surface area (Å²) in [6, 6.07) is 0. The number of hydrogen-bond donors (Lipinski definition) is 1. The third-order valence-corrected chi connectivity index (χ3v) is 2.90.